The Morgan fingerprint density at radius 2 is 1.74 bits per heavy atom. The molecule has 2 aliphatic heterocycles. The zero-order chi connectivity index (χ0) is 24.9. The van der Waals surface area contributed by atoms with Crippen LogP contribution in [-0.2, 0) is 9.47 Å². The standard InChI is InChI=1S/C19H25ClN6O2.C3H8O.C2H6/c1-2-27-7-8-28-18-9-13(5-6-22-18)26-14-3-4-15(26)12-25(11-14)16-10-17(20)23-24-19(16)21;1-3-4-2;1-2/h5-6,9-10,14-15H,2-4,7-8,11-12H2,1H3,(H2,21,24);3H2,1-2H3;1-2H3. The maximum absolute atomic E-state index is 6.04. The van der Waals surface area contributed by atoms with Gasteiger partial charge in [0, 0.05) is 69.5 Å². The van der Waals surface area contributed by atoms with Gasteiger partial charge in [0.2, 0.25) is 5.88 Å². The van der Waals surface area contributed by atoms with Crippen molar-refractivity contribution in [3.63, 3.8) is 0 Å². The second-order valence-corrected chi connectivity index (χ2v) is 8.00. The van der Waals surface area contributed by atoms with E-state index in [0.29, 0.717) is 48.8 Å². The minimum absolute atomic E-state index is 0.363. The zero-order valence-corrected chi connectivity index (χ0v) is 21.8. The summed E-state index contributed by atoms with van der Waals surface area (Å²) in [6.45, 7) is 12.2. The summed E-state index contributed by atoms with van der Waals surface area (Å²) in [4.78, 5) is 9.08. The highest BCUT2D eigenvalue weighted by Gasteiger charge is 2.40. The van der Waals surface area contributed by atoms with E-state index in [2.05, 4.69) is 35.8 Å². The first-order valence-corrected chi connectivity index (χ1v) is 12.4. The molecular weight excluding hydrogens is 456 g/mol. The molecule has 2 fully saturated rings. The molecule has 4 rings (SSSR count). The molecule has 10 heteroatoms. The molecule has 0 aliphatic carbocycles. The van der Waals surface area contributed by atoms with Crippen molar-refractivity contribution >= 4 is 28.8 Å². The number of nitrogen functional groups attached to an aromatic ring is 1. The fourth-order valence-corrected chi connectivity index (χ4v) is 4.27. The van der Waals surface area contributed by atoms with Crippen LogP contribution in [0.5, 0.6) is 5.88 Å². The number of aromatic nitrogens is 3. The number of anilines is 3. The van der Waals surface area contributed by atoms with E-state index in [-0.39, 0.29) is 0 Å². The summed E-state index contributed by atoms with van der Waals surface area (Å²) < 4.78 is 15.6. The molecule has 2 aliphatic rings. The summed E-state index contributed by atoms with van der Waals surface area (Å²) in [5.41, 5.74) is 8.06. The number of fused-ring (bicyclic) bond motifs is 2. The Morgan fingerprint density at radius 1 is 1.06 bits per heavy atom. The average Bonchev–Trinajstić information content (AvgIpc) is 3.14. The van der Waals surface area contributed by atoms with Crippen molar-refractivity contribution in [3.8, 4) is 5.88 Å². The van der Waals surface area contributed by atoms with Crippen molar-refractivity contribution in [2.45, 2.75) is 52.6 Å². The van der Waals surface area contributed by atoms with Crippen LogP contribution in [-0.4, -0.2) is 73.9 Å². The minimum atomic E-state index is 0.363. The molecule has 9 nitrogen and oxygen atoms in total. The number of nitrogens with two attached hydrogens (primary N) is 1. The zero-order valence-electron chi connectivity index (χ0n) is 21.0. The Balaban J connectivity index is 0.000000618. The molecule has 190 valence electrons. The number of piperazine rings is 1. The Kier molecular flexibility index (Phi) is 12.1. The molecule has 0 saturated carbocycles. The number of hydrogen-bond donors (Lipinski definition) is 1. The van der Waals surface area contributed by atoms with E-state index in [1.807, 2.05) is 40.0 Å². The molecule has 0 aromatic carbocycles. The summed E-state index contributed by atoms with van der Waals surface area (Å²) in [6, 6.07) is 6.66. The number of hydrogen-bond acceptors (Lipinski definition) is 9. The van der Waals surface area contributed by atoms with Gasteiger partial charge < -0.3 is 29.7 Å². The van der Waals surface area contributed by atoms with Crippen LogP contribution in [0.15, 0.2) is 24.4 Å². The normalized spacial score (nSPS) is 18.5. The lowest BCUT2D eigenvalue weighted by Crippen LogP contribution is -2.54. The second-order valence-electron chi connectivity index (χ2n) is 7.61. The van der Waals surface area contributed by atoms with Crippen molar-refractivity contribution in [1.82, 2.24) is 15.2 Å². The molecule has 0 spiro atoms. The molecule has 2 N–H and O–H groups in total. The van der Waals surface area contributed by atoms with Gasteiger partial charge in [0.1, 0.15) is 6.61 Å². The Labute approximate surface area is 208 Å². The van der Waals surface area contributed by atoms with E-state index in [0.717, 1.165) is 43.9 Å². The van der Waals surface area contributed by atoms with Gasteiger partial charge >= 0.3 is 0 Å². The second kappa shape index (κ2) is 14.8. The Bertz CT molecular complexity index is 843. The SMILES string of the molecule is CC.CCOC.CCOCCOc1cc(N2C3CCC2CN(c2cc(Cl)nnc2N)C3)ccn1. The van der Waals surface area contributed by atoms with Crippen LogP contribution >= 0.6 is 11.6 Å². The number of nitrogens with zero attached hydrogens (tertiary/aromatic N) is 5. The molecule has 2 unspecified atom stereocenters. The van der Waals surface area contributed by atoms with E-state index in [9.17, 15) is 0 Å². The molecule has 4 heterocycles. The third kappa shape index (κ3) is 7.58. The van der Waals surface area contributed by atoms with Crippen LogP contribution < -0.4 is 20.3 Å². The van der Waals surface area contributed by atoms with Crippen molar-refractivity contribution < 1.29 is 14.2 Å². The molecule has 34 heavy (non-hydrogen) atoms. The Morgan fingerprint density at radius 3 is 2.35 bits per heavy atom. The van der Waals surface area contributed by atoms with E-state index in [1.54, 1.807) is 13.2 Å². The van der Waals surface area contributed by atoms with Crippen LogP contribution in [0.1, 0.15) is 40.5 Å². The number of rotatable bonds is 8. The fourth-order valence-electron chi connectivity index (χ4n) is 4.13. The smallest absolute Gasteiger partial charge is 0.215 e. The summed E-state index contributed by atoms with van der Waals surface area (Å²) in [7, 11) is 1.68. The largest absolute Gasteiger partial charge is 0.475 e. The molecule has 0 amide bonds. The van der Waals surface area contributed by atoms with Crippen LogP contribution in [0.3, 0.4) is 0 Å². The summed E-state index contributed by atoms with van der Waals surface area (Å²) >= 11 is 6.03. The molecule has 2 atom stereocenters. The highest BCUT2D eigenvalue weighted by atomic mass is 35.5. The van der Waals surface area contributed by atoms with Crippen molar-refractivity contribution in [2.75, 3.05) is 62.2 Å². The molecular formula is C24H39ClN6O3. The topological polar surface area (TPSA) is 98.9 Å². The van der Waals surface area contributed by atoms with Crippen molar-refractivity contribution in [2.24, 2.45) is 0 Å². The number of methoxy groups -OCH3 is 1. The first kappa shape index (κ1) is 27.9. The van der Waals surface area contributed by atoms with Crippen LogP contribution in [0.4, 0.5) is 17.2 Å². The highest BCUT2D eigenvalue weighted by Crippen LogP contribution is 2.38. The van der Waals surface area contributed by atoms with Gasteiger partial charge in [-0.15, -0.1) is 10.2 Å². The average molecular weight is 495 g/mol. The van der Waals surface area contributed by atoms with Crippen LogP contribution in [0, 0.1) is 0 Å². The van der Waals surface area contributed by atoms with Crippen LogP contribution in [0.25, 0.3) is 0 Å². The van der Waals surface area contributed by atoms with Crippen LogP contribution in [0.2, 0.25) is 5.15 Å². The van der Waals surface area contributed by atoms with Gasteiger partial charge in [0.25, 0.3) is 0 Å². The maximum Gasteiger partial charge on any atom is 0.215 e. The maximum atomic E-state index is 6.04. The van der Waals surface area contributed by atoms with Gasteiger partial charge in [-0.1, -0.05) is 25.4 Å². The minimum Gasteiger partial charge on any atom is -0.475 e. The van der Waals surface area contributed by atoms with Gasteiger partial charge in [-0.2, -0.15) is 0 Å². The summed E-state index contributed by atoms with van der Waals surface area (Å²) in [5, 5.41) is 8.14. The number of pyridine rings is 1. The lowest BCUT2D eigenvalue weighted by molar-refractivity contribution is 0.108. The predicted molar refractivity (Wildman–Crippen MR) is 138 cm³/mol. The number of ether oxygens (including phenoxy) is 3. The third-order valence-corrected chi connectivity index (χ3v) is 5.77. The summed E-state index contributed by atoms with van der Waals surface area (Å²) in [6.07, 6.45) is 4.08. The lowest BCUT2D eigenvalue weighted by Gasteiger charge is -2.43. The monoisotopic (exact) mass is 494 g/mol. The lowest BCUT2D eigenvalue weighted by atomic mass is 10.1. The van der Waals surface area contributed by atoms with Crippen molar-refractivity contribution in [1.29, 1.82) is 0 Å². The summed E-state index contributed by atoms with van der Waals surface area (Å²) in [5.74, 6) is 1.06. The van der Waals surface area contributed by atoms with Gasteiger partial charge in [-0.25, -0.2) is 4.98 Å². The van der Waals surface area contributed by atoms with Crippen molar-refractivity contribution in [3.05, 3.63) is 29.5 Å². The van der Waals surface area contributed by atoms with E-state index >= 15 is 0 Å². The molecule has 0 radical (unpaired) electrons. The predicted octanol–water partition coefficient (Wildman–Crippen LogP) is 4.06. The fraction of sp³-hybridized carbons (Fsp3) is 0.625. The van der Waals surface area contributed by atoms with E-state index in [4.69, 9.17) is 26.8 Å². The Hall–Kier alpha value is -2.36. The van der Waals surface area contributed by atoms with Gasteiger partial charge in [0.05, 0.1) is 12.3 Å². The molecule has 2 saturated heterocycles. The van der Waals surface area contributed by atoms with E-state index in [1.165, 1.54) is 0 Å². The highest BCUT2D eigenvalue weighted by molar-refractivity contribution is 6.29. The molecule has 2 bridgehead atoms. The quantitative estimate of drug-likeness (QED) is 0.544. The van der Waals surface area contributed by atoms with Gasteiger partial charge in [-0.05, 0) is 32.8 Å². The van der Waals surface area contributed by atoms with Gasteiger partial charge in [-0.3, -0.25) is 0 Å². The first-order valence-electron chi connectivity index (χ1n) is 12.0. The van der Waals surface area contributed by atoms with E-state index < -0.39 is 0 Å². The number of halogens is 1. The third-order valence-electron chi connectivity index (χ3n) is 5.58. The van der Waals surface area contributed by atoms with Gasteiger partial charge in [0.15, 0.2) is 11.0 Å². The molecule has 2 aromatic rings. The molecule has 2 aromatic heterocycles. The first-order chi connectivity index (χ1) is 16.6.